The second kappa shape index (κ2) is 10.5. The fourth-order valence-electron chi connectivity index (χ4n) is 2.83. The van der Waals surface area contributed by atoms with E-state index in [0.29, 0.717) is 33.0 Å². The number of nitriles is 1. The Balaban J connectivity index is 1.75. The molecule has 0 spiro atoms. The van der Waals surface area contributed by atoms with Crippen molar-refractivity contribution in [3.63, 3.8) is 0 Å². The molecular formula is C22H13BrClF3N4O3. The number of nitro groups is 1. The lowest BCUT2D eigenvalue weighted by atomic mass is 10.1. The van der Waals surface area contributed by atoms with Crippen LogP contribution in [0.5, 0.6) is 5.75 Å². The lowest BCUT2D eigenvalue weighted by Crippen LogP contribution is -2.06. The third kappa shape index (κ3) is 6.03. The summed E-state index contributed by atoms with van der Waals surface area (Å²) in [4.78, 5) is 10.2. The van der Waals surface area contributed by atoms with Gasteiger partial charge in [0.25, 0.3) is 5.69 Å². The van der Waals surface area contributed by atoms with Gasteiger partial charge in [0.05, 0.1) is 37.8 Å². The van der Waals surface area contributed by atoms with Crippen LogP contribution in [-0.4, -0.2) is 11.1 Å². The number of rotatable bonds is 7. The lowest BCUT2D eigenvalue weighted by molar-refractivity contribution is -0.384. The summed E-state index contributed by atoms with van der Waals surface area (Å²) in [5.41, 5.74) is 1.88. The summed E-state index contributed by atoms with van der Waals surface area (Å²) in [6.45, 7) is 0.106. The van der Waals surface area contributed by atoms with Crippen LogP contribution < -0.4 is 10.2 Å². The van der Waals surface area contributed by atoms with Gasteiger partial charge in [0.2, 0.25) is 0 Å². The molecule has 0 saturated heterocycles. The summed E-state index contributed by atoms with van der Waals surface area (Å²) < 4.78 is 44.7. The van der Waals surface area contributed by atoms with Crippen LogP contribution in [0.4, 0.5) is 24.5 Å². The minimum Gasteiger partial charge on any atom is -0.486 e. The van der Waals surface area contributed by atoms with Gasteiger partial charge in [-0.25, -0.2) is 0 Å². The van der Waals surface area contributed by atoms with Gasteiger partial charge in [-0.15, -0.1) is 0 Å². The van der Waals surface area contributed by atoms with Gasteiger partial charge in [0.1, 0.15) is 12.3 Å². The molecule has 0 aliphatic heterocycles. The van der Waals surface area contributed by atoms with Gasteiger partial charge in [-0.2, -0.15) is 23.5 Å². The average Bonchev–Trinajstić information content (AvgIpc) is 2.78. The number of anilines is 1. The Morgan fingerprint density at radius 1 is 1.24 bits per heavy atom. The van der Waals surface area contributed by atoms with Gasteiger partial charge in [-0.3, -0.25) is 15.5 Å². The predicted octanol–water partition coefficient (Wildman–Crippen LogP) is 6.93. The summed E-state index contributed by atoms with van der Waals surface area (Å²) >= 11 is 9.65. The van der Waals surface area contributed by atoms with Crippen LogP contribution in [0.15, 0.2) is 64.2 Å². The standard InChI is InChI=1S/C22H13BrClF3N4O3/c23-17-7-13(8-18(24)21(17)34-12-15-4-2-1-3-14(15)10-28)11-29-30-19-6-5-16(22(25,26)27)9-20(19)31(32)33/h1-9,11,30H,12H2/b29-11-. The number of benzene rings is 3. The number of hydrogen-bond donors (Lipinski definition) is 1. The van der Waals surface area contributed by atoms with Crippen molar-refractivity contribution in [2.75, 3.05) is 5.43 Å². The second-order valence-electron chi connectivity index (χ2n) is 6.73. The molecule has 0 aromatic heterocycles. The largest absolute Gasteiger partial charge is 0.486 e. The Bertz CT molecular complexity index is 1290. The Kier molecular flexibility index (Phi) is 7.75. The van der Waals surface area contributed by atoms with E-state index in [9.17, 15) is 28.5 Å². The highest BCUT2D eigenvalue weighted by Gasteiger charge is 2.33. The molecule has 7 nitrogen and oxygen atoms in total. The molecule has 0 aliphatic carbocycles. The average molecular weight is 554 g/mol. The van der Waals surface area contributed by atoms with Crippen molar-refractivity contribution < 1.29 is 22.8 Å². The number of ether oxygens (including phenoxy) is 1. The van der Waals surface area contributed by atoms with Gasteiger partial charge in [0.15, 0.2) is 5.75 Å². The molecule has 12 heteroatoms. The van der Waals surface area contributed by atoms with E-state index in [2.05, 4.69) is 32.5 Å². The van der Waals surface area contributed by atoms with Gasteiger partial charge >= 0.3 is 6.18 Å². The summed E-state index contributed by atoms with van der Waals surface area (Å²) in [6, 6.07) is 14.2. The van der Waals surface area contributed by atoms with Crippen LogP contribution in [0, 0.1) is 21.4 Å². The molecule has 0 bridgehead atoms. The van der Waals surface area contributed by atoms with Gasteiger partial charge in [-0.1, -0.05) is 29.8 Å². The first-order chi connectivity index (χ1) is 16.1. The number of alkyl halides is 3. The summed E-state index contributed by atoms with van der Waals surface area (Å²) in [5, 5.41) is 24.4. The van der Waals surface area contributed by atoms with Gasteiger partial charge in [-0.05, 0) is 51.8 Å². The Hall–Kier alpha value is -3.62. The molecule has 0 heterocycles. The van der Waals surface area contributed by atoms with E-state index >= 15 is 0 Å². The molecule has 3 aromatic rings. The van der Waals surface area contributed by atoms with E-state index < -0.39 is 22.4 Å². The van der Waals surface area contributed by atoms with Crippen molar-refractivity contribution in [1.82, 2.24) is 0 Å². The maximum Gasteiger partial charge on any atom is 0.416 e. The zero-order valence-corrected chi connectivity index (χ0v) is 19.3. The molecule has 0 saturated carbocycles. The Morgan fingerprint density at radius 3 is 2.62 bits per heavy atom. The van der Waals surface area contributed by atoms with Crippen molar-refractivity contribution in [3.05, 3.63) is 96.5 Å². The molecule has 0 unspecified atom stereocenters. The molecule has 174 valence electrons. The molecular weight excluding hydrogens is 541 g/mol. The highest BCUT2D eigenvalue weighted by molar-refractivity contribution is 9.10. The summed E-state index contributed by atoms with van der Waals surface area (Å²) in [5.74, 6) is 0.331. The number of nitrogens with one attached hydrogen (secondary N) is 1. The van der Waals surface area contributed by atoms with Crippen LogP contribution in [0.1, 0.15) is 22.3 Å². The van der Waals surface area contributed by atoms with Gasteiger partial charge in [0, 0.05) is 11.6 Å². The second-order valence-corrected chi connectivity index (χ2v) is 7.99. The fourth-order valence-corrected chi connectivity index (χ4v) is 3.82. The predicted molar refractivity (Wildman–Crippen MR) is 124 cm³/mol. The van der Waals surface area contributed by atoms with E-state index in [4.69, 9.17) is 16.3 Å². The summed E-state index contributed by atoms with van der Waals surface area (Å²) in [7, 11) is 0. The first-order valence-electron chi connectivity index (χ1n) is 9.34. The molecule has 3 rings (SSSR count). The quantitative estimate of drug-likeness (QED) is 0.194. The van der Waals surface area contributed by atoms with Crippen molar-refractivity contribution in [2.45, 2.75) is 12.8 Å². The maximum absolute atomic E-state index is 12.8. The monoisotopic (exact) mass is 552 g/mol. The van der Waals surface area contributed by atoms with Crippen LogP contribution in [0.2, 0.25) is 5.02 Å². The van der Waals surface area contributed by atoms with Crippen molar-refractivity contribution in [1.29, 1.82) is 5.26 Å². The Labute approximate surface area is 204 Å². The molecule has 0 fully saturated rings. The molecule has 34 heavy (non-hydrogen) atoms. The third-order valence-corrected chi connectivity index (χ3v) is 5.32. The fraction of sp³-hybridized carbons (Fsp3) is 0.0909. The zero-order chi connectivity index (χ0) is 24.9. The SMILES string of the molecule is N#Cc1ccccc1COc1c(Cl)cc(/C=N\Nc2ccc(C(F)(F)F)cc2[N+](=O)[O-])cc1Br. The van der Waals surface area contributed by atoms with Crippen LogP contribution in [0.25, 0.3) is 0 Å². The van der Waals surface area contributed by atoms with Crippen LogP contribution in [0.3, 0.4) is 0 Å². The third-order valence-electron chi connectivity index (χ3n) is 4.45. The minimum absolute atomic E-state index is 0.106. The lowest BCUT2D eigenvalue weighted by Gasteiger charge is -2.12. The van der Waals surface area contributed by atoms with E-state index in [1.807, 2.05) is 0 Å². The van der Waals surface area contributed by atoms with Crippen molar-refractivity contribution in [2.24, 2.45) is 5.10 Å². The first-order valence-corrected chi connectivity index (χ1v) is 10.5. The molecule has 0 atom stereocenters. The molecule has 0 radical (unpaired) electrons. The molecule has 0 aliphatic rings. The van der Waals surface area contributed by atoms with Crippen molar-refractivity contribution in [3.8, 4) is 11.8 Å². The van der Waals surface area contributed by atoms with E-state index in [1.165, 1.54) is 12.3 Å². The van der Waals surface area contributed by atoms with Gasteiger partial charge < -0.3 is 4.74 Å². The highest BCUT2D eigenvalue weighted by Crippen LogP contribution is 2.36. The minimum atomic E-state index is -4.71. The van der Waals surface area contributed by atoms with Crippen LogP contribution in [-0.2, 0) is 12.8 Å². The number of nitrogens with zero attached hydrogens (tertiary/aromatic N) is 3. The Morgan fingerprint density at radius 2 is 1.97 bits per heavy atom. The normalized spacial score (nSPS) is 11.3. The first kappa shape index (κ1) is 25.0. The van der Waals surface area contributed by atoms with E-state index in [-0.39, 0.29) is 17.3 Å². The molecule has 0 amide bonds. The maximum atomic E-state index is 12.8. The number of hydrogen-bond acceptors (Lipinski definition) is 6. The molecule has 3 aromatic carbocycles. The smallest absolute Gasteiger partial charge is 0.416 e. The highest BCUT2D eigenvalue weighted by atomic mass is 79.9. The summed E-state index contributed by atoms with van der Waals surface area (Å²) in [6.07, 6.45) is -3.43. The van der Waals surface area contributed by atoms with Crippen LogP contribution >= 0.6 is 27.5 Å². The topological polar surface area (TPSA) is 101 Å². The number of hydrazone groups is 1. The number of halogens is 5. The molecule has 1 N–H and O–H groups in total. The van der Waals surface area contributed by atoms with E-state index in [1.54, 1.807) is 30.3 Å². The number of nitro benzene ring substituents is 1. The van der Waals surface area contributed by atoms with Crippen molar-refractivity contribution >= 4 is 45.1 Å². The van der Waals surface area contributed by atoms with E-state index in [0.717, 1.165) is 12.1 Å². The zero-order valence-electron chi connectivity index (χ0n) is 16.9.